The highest BCUT2D eigenvalue weighted by molar-refractivity contribution is 6.00. The summed E-state index contributed by atoms with van der Waals surface area (Å²) in [6.07, 6.45) is 0. The molecule has 1 heterocycles. The SMILES string of the molecule is COc1ccccc1CN1CCN(c2cc(C#N)ccc2C(C)=O)CC1. The molecule has 134 valence electrons. The summed E-state index contributed by atoms with van der Waals surface area (Å²) in [6, 6.07) is 15.5. The van der Waals surface area contributed by atoms with Gasteiger partial charge in [0.05, 0.1) is 18.7 Å². The molecule has 0 unspecified atom stereocenters. The molecule has 3 rings (SSSR count). The van der Waals surface area contributed by atoms with Crippen molar-refractivity contribution in [3.63, 3.8) is 0 Å². The van der Waals surface area contributed by atoms with Gasteiger partial charge in [-0.25, -0.2) is 0 Å². The standard InChI is InChI=1S/C21H23N3O2/c1-16(25)19-8-7-17(14-22)13-20(19)24-11-9-23(10-12-24)15-18-5-3-4-6-21(18)26-2/h3-8,13H,9-12,15H2,1-2H3. The number of carbonyl (C=O) groups excluding carboxylic acids is 1. The third-order valence-corrected chi connectivity index (χ3v) is 4.81. The number of carbonyl (C=O) groups is 1. The van der Waals surface area contributed by atoms with E-state index in [0.717, 1.165) is 44.2 Å². The van der Waals surface area contributed by atoms with E-state index in [9.17, 15) is 10.1 Å². The lowest BCUT2D eigenvalue weighted by Crippen LogP contribution is -2.46. The van der Waals surface area contributed by atoms with Crippen LogP contribution in [-0.4, -0.2) is 44.0 Å². The molecular weight excluding hydrogens is 326 g/mol. The number of nitriles is 1. The Hall–Kier alpha value is -2.84. The third kappa shape index (κ3) is 3.87. The molecule has 0 atom stereocenters. The van der Waals surface area contributed by atoms with Gasteiger partial charge in [0.25, 0.3) is 0 Å². The average molecular weight is 349 g/mol. The van der Waals surface area contributed by atoms with Gasteiger partial charge in [-0.2, -0.15) is 5.26 Å². The number of hydrogen-bond acceptors (Lipinski definition) is 5. The van der Waals surface area contributed by atoms with Gasteiger partial charge in [0.15, 0.2) is 5.78 Å². The van der Waals surface area contributed by atoms with Crippen LogP contribution >= 0.6 is 0 Å². The first-order valence-corrected chi connectivity index (χ1v) is 8.76. The molecule has 2 aromatic carbocycles. The Bertz CT molecular complexity index is 833. The first-order chi connectivity index (χ1) is 12.6. The molecular formula is C21H23N3O2. The van der Waals surface area contributed by atoms with Gasteiger partial charge in [-0.3, -0.25) is 9.69 Å². The molecule has 0 aromatic heterocycles. The third-order valence-electron chi connectivity index (χ3n) is 4.81. The summed E-state index contributed by atoms with van der Waals surface area (Å²) in [5.74, 6) is 0.941. The van der Waals surface area contributed by atoms with Crippen LogP contribution in [0, 0.1) is 11.3 Å². The van der Waals surface area contributed by atoms with E-state index in [0.29, 0.717) is 11.1 Å². The van der Waals surface area contributed by atoms with Crippen molar-refractivity contribution in [1.29, 1.82) is 5.26 Å². The van der Waals surface area contributed by atoms with Crippen molar-refractivity contribution >= 4 is 11.5 Å². The number of Topliss-reactive ketones (excluding diaryl/α,β-unsaturated/α-hetero) is 1. The van der Waals surface area contributed by atoms with Crippen LogP contribution in [0.2, 0.25) is 0 Å². The molecule has 0 radical (unpaired) electrons. The highest BCUT2D eigenvalue weighted by atomic mass is 16.5. The van der Waals surface area contributed by atoms with Gasteiger partial charge in [0.2, 0.25) is 0 Å². The molecule has 1 aliphatic rings. The van der Waals surface area contributed by atoms with Crippen molar-refractivity contribution < 1.29 is 9.53 Å². The van der Waals surface area contributed by atoms with E-state index >= 15 is 0 Å². The Morgan fingerprint density at radius 3 is 2.54 bits per heavy atom. The molecule has 26 heavy (non-hydrogen) atoms. The fraction of sp³-hybridized carbons (Fsp3) is 0.333. The molecule has 0 saturated carbocycles. The maximum Gasteiger partial charge on any atom is 0.161 e. The second kappa shape index (κ2) is 8.03. The minimum absolute atomic E-state index is 0.0286. The topological polar surface area (TPSA) is 56.6 Å². The number of benzene rings is 2. The van der Waals surface area contributed by atoms with Crippen LogP contribution in [0.5, 0.6) is 5.75 Å². The van der Waals surface area contributed by atoms with Gasteiger partial charge in [-0.1, -0.05) is 18.2 Å². The summed E-state index contributed by atoms with van der Waals surface area (Å²) < 4.78 is 5.44. The highest BCUT2D eigenvalue weighted by Crippen LogP contribution is 2.25. The normalized spacial score (nSPS) is 14.7. The number of ether oxygens (including phenoxy) is 1. The lowest BCUT2D eigenvalue weighted by molar-refractivity contribution is 0.101. The maximum atomic E-state index is 12.0. The molecule has 1 aliphatic heterocycles. The first kappa shape index (κ1) is 18.0. The van der Waals surface area contributed by atoms with E-state index in [1.807, 2.05) is 24.3 Å². The Balaban J connectivity index is 1.71. The smallest absolute Gasteiger partial charge is 0.161 e. The number of rotatable bonds is 5. The van der Waals surface area contributed by atoms with E-state index in [1.54, 1.807) is 26.2 Å². The Morgan fingerprint density at radius 2 is 1.88 bits per heavy atom. The van der Waals surface area contributed by atoms with E-state index in [2.05, 4.69) is 21.9 Å². The van der Waals surface area contributed by atoms with Crippen molar-refractivity contribution in [1.82, 2.24) is 4.90 Å². The van der Waals surface area contributed by atoms with Crippen LogP contribution in [0.4, 0.5) is 5.69 Å². The fourth-order valence-corrected chi connectivity index (χ4v) is 3.38. The largest absolute Gasteiger partial charge is 0.496 e. The Morgan fingerprint density at radius 1 is 1.15 bits per heavy atom. The van der Waals surface area contributed by atoms with Crippen LogP contribution < -0.4 is 9.64 Å². The zero-order chi connectivity index (χ0) is 18.5. The molecule has 0 bridgehead atoms. The van der Waals surface area contributed by atoms with Gasteiger partial charge < -0.3 is 9.64 Å². The average Bonchev–Trinajstić information content (AvgIpc) is 2.68. The van der Waals surface area contributed by atoms with Crippen molar-refractivity contribution in [2.45, 2.75) is 13.5 Å². The molecule has 0 aliphatic carbocycles. The molecule has 5 nitrogen and oxygen atoms in total. The minimum atomic E-state index is 0.0286. The number of ketones is 1. The number of hydrogen-bond donors (Lipinski definition) is 0. The van der Waals surface area contributed by atoms with E-state index in [4.69, 9.17) is 4.74 Å². The van der Waals surface area contributed by atoms with Gasteiger partial charge in [-0.05, 0) is 31.2 Å². The molecule has 5 heteroatoms. The maximum absolute atomic E-state index is 12.0. The Labute approximate surface area is 154 Å². The molecule has 1 fully saturated rings. The second-order valence-electron chi connectivity index (χ2n) is 6.47. The van der Waals surface area contributed by atoms with E-state index < -0.39 is 0 Å². The van der Waals surface area contributed by atoms with Gasteiger partial charge >= 0.3 is 0 Å². The summed E-state index contributed by atoms with van der Waals surface area (Å²) in [5.41, 5.74) is 3.32. The summed E-state index contributed by atoms with van der Waals surface area (Å²) in [4.78, 5) is 16.5. The first-order valence-electron chi connectivity index (χ1n) is 8.76. The summed E-state index contributed by atoms with van der Waals surface area (Å²) in [5, 5.41) is 9.17. The fourth-order valence-electron chi connectivity index (χ4n) is 3.38. The quantitative estimate of drug-likeness (QED) is 0.777. The van der Waals surface area contributed by atoms with Crippen molar-refractivity contribution in [2.24, 2.45) is 0 Å². The molecule has 0 amide bonds. The molecule has 0 spiro atoms. The summed E-state index contributed by atoms with van der Waals surface area (Å²) in [6.45, 7) is 5.85. The summed E-state index contributed by atoms with van der Waals surface area (Å²) in [7, 11) is 1.70. The predicted molar refractivity (Wildman–Crippen MR) is 102 cm³/mol. The number of methoxy groups -OCH3 is 1. The lowest BCUT2D eigenvalue weighted by Gasteiger charge is -2.37. The monoisotopic (exact) mass is 349 g/mol. The number of piperazine rings is 1. The van der Waals surface area contributed by atoms with Gasteiger partial charge in [0.1, 0.15) is 5.75 Å². The number of para-hydroxylation sites is 1. The number of anilines is 1. The van der Waals surface area contributed by atoms with Crippen LogP contribution in [0.1, 0.15) is 28.4 Å². The van der Waals surface area contributed by atoms with Crippen LogP contribution in [-0.2, 0) is 6.54 Å². The van der Waals surface area contributed by atoms with Gasteiger partial charge in [-0.15, -0.1) is 0 Å². The van der Waals surface area contributed by atoms with Crippen molar-refractivity contribution in [3.8, 4) is 11.8 Å². The van der Waals surface area contributed by atoms with Crippen molar-refractivity contribution in [2.75, 3.05) is 38.2 Å². The number of nitrogens with zero attached hydrogens (tertiary/aromatic N) is 3. The minimum Gasteiger partial charge on any atom is -0.496 e. The Kier molecular flexibility index (Phi) is 5.55. The van der Waals surface area contributed by atoms with Gasteiger partial charge in [0, 0.05) is 49.5 Å². The lowest BCUT2D eigenvalue weighted by atomic mass is 10.0. The molecule has 1 saturated heterocycles. The van der Waals surface area contributed by atoms with Crippen LogP contribution in [0.25, 0.3) is 0 Å². The second-order valence-corrected chi connectivity index (χ2v) is 6.47. The highest BCUT2D eigenvalue weighted by Gasteiger charge is 2.21. The van der Waals surface area contributed by atoms with Crippen molar-refractivity contribution in [3.05, 3.63) is 59.2 Å². The van der Waals surface area contributed by atoms with Crippen LogP contribution in [0.3, 0.4) is 0 Å². The zero-order valence-electron chi connectivity index (χ0n) is 15.2. The molecule has 0 N–H and O–H groups in total. The summed E-state index contributed by atoms with van der Waals surface area (Å²) >= 11 is 0. The van der Waals surface area contributed by atoms with E-state index in [1.165, 1.54) is 5.56 Å². The predicted octanol–water partition coefficient (Wildman–Crippen LogP) is 3.09. The zero-order valence-corrected chi connectivity index (χ0v) is 15.2. The molecule has 2 aromatic rings. The van der Waals surface area contributed by atoms with E-state index in [-0.39, 0.29) is 5.78 Å². The van der Waals surface area contributed by atoms with Crippen LogP contribution in [0.15, 0.2) is 42.5 Å².